The second-order valence-electron chi connectivity index (χ2n) is 22.2. The van der Waals surface area contributed by atoms with E-state index in [9.17, 15) is 8.42 Å². The van der Waals surface area contributed by atoms with Crippen molar-refractivity contribution in [2.45, 2.75) is 154 Å². The van der Waals surface area contributed by atoms with Crippen molar-refractivity contribution in [3.63, 3.8) is 0 Å². The van der Waals surface area contributed by atoms with Crippen LogP contribution in [0.25, 0.3) is 28.0 Å². The number of aryl methyl sites for hydroxylation is 1. The molecule has 0 atom stereocenters. The van der Waals surface area contributed by atoms with E-state index in [0.29, 0.717) is 40.0 Å². The van der Waals surface area contributed by atoms with Crippen molar-refractivity contribution >= 4 is 29.0 Å². The summed E-state index contributed by atoms with van der Waals surface area (Å²) in [6.07, 6.45) is 19.2. The summed E-state index contributed by atoms with van der Waals surface area (Å²) in [5.41, 5.74) is 19.6. The largest absolute Gasteiger partial charge is 2.00 e. The summed E-state index contributed by atoms with van der Waals surface area (Å²) >= 11 is 0. The maximum Gasteiger partial charge on any atom is 2.00 e. The quantitative estimate of drug-likeness (QED) is 0.0783. The van der Waals surface area contributed by atoms with Gasteiger partial charge in [0.25, 0.3) is 10.1 Å². The first kappa shape index (κ1) is 49.4. The molecule has 0 saturated heterocycles. The van der Waals surface area contributed by atoms with E-state index in [2.05, 4.69) is 78.8 Å². The van der Waals surface area contributed by atoms with E-state index in [0.717, 1.165) is 46.6 Å². The number of hydrogen-bond donors (Lipinski definition) is 1. The Hall–Kier alpha value is -2.52. The number of benzene rings is 4. The van der Waals surface area contributed by atoms with E-state index >= 15 is 0 Å². The Bertz CT molecular complexity index is 2220. The van der Waals surface area contributed by atoms with Gasteiger partial charge in [-0.1, -0.05) is 84.0 Å². The summed E-state index contributed by atoms with van der Waals surface area (Å²) in [4.78, 5) is 0. The van der Waals surface area contributed by atoms with Crippen LogP contribution in [0.5, 0.6) is 5.75 Å². The molecule has 0 aromatic heterocycles. The summed E-state index contributed by atoms with van der Waals surface area (Å²) in [6, 6.07) is 28.4. The van der Waals surface area contributed by atoms with Gasteiger partial charge in [-0.2, -0.15) is 14.1 Å². The molecule has 8 bridgehead atoms. The maximum absolute atomic E-state index is 9.19. The molecule has 4 aromatic carbocycles. The smallest absolute Gasteiger partial charge is 0.706 e. The standard InChI is InChI=1S/C43H61OP.C12H9N.CH4O3S.Pd/c1-25(2)35-17-36(26(3)4)40(37(18-35)27(5)6)39-28(7)9-10-38(44-8)41(39)45(42-19-29-11-30(20-42)13-31(12-29)21-42)43-22-32-14-33(23-43)16-34(15-32)24-43;13-12-9-5-4-8-11(12)10-6-2-1-3-7-10;1-5(2,3)4;/h9-10,17-18,25-27,29-34H,11-16,19-24H2,1-8H3;1-6,8-9,13H;1H3,(H,2,3,4);/q;-2;;+2/p+1. The predicted molar refractivity (Wildman–Crippen MR) is 267 cm³/mol. The molecule has 12 rings (SSSR count). The van der Waals surface area contributed by atoms with Gasteiger partial charge in [0.15, 0.2) is 5.75 Å². The Morgan fingerprint density at radius 2 is 1.12 bits per heavy atom. The summed E-state index contributed by atoms with van der Waals surface area (Å²) in [5.74, 6) is 8.74. The van der Waals surface area contributed by atoms with Crippen LogP contribution in [0.1, 0.15) is 159 Å². The topological polar surface area (TPSA) is 87.4 Å². The van der Waals surface area contributed by atoms with E-state index < -0.39 is 18.0 Å². The molecule has 0 amide bonds. The molecule has 5 nitrogen and oxygen atoms in total. The van der Waals surface area contributed by atoms with Crippen LogP contribution in [-0.2, 0) is 30.5 Å². The normalized spacial score (nSPS) is 28.9. The van der Waals surface area contributed by atoms with Crippen LogP contribution in [0.15, 0.2) is 72.8 Å². The van der Waals surface area contributed by atoms with Crippen molar-refractivity contribution in [3.05, 3.63) is 107 Å². The molecule has 8 fully saturated rings. The number of methoxy groups -OCH3 is 1. The van der Waals surface area contributed by atoms with Gasteiger partial charge in [0, 0.05) is 5.56 Å². The van der Waals surface area contributed by atoms with E-state index in [1.807, 2.05) is 49.6 Å². The molecule has 8 aliphatic rings. The first-order valence-electron chi connectivity index (χ1n) is 24.3. The second-order valence-corrected chi connectivity index (χ2v) is 27.0. The SMILES string of the molecule is COc1ccc(C)c(-c2c(C(C)C)cc(C(C)C)cc2C(C)C)c1[PH+](C12CC3CC(CC(C3)C1)C2)C12CC3CC(CC(C3)C1)C2.CS(=O)(=O)O.[NH-]c1ccccc1-c1[c-]cccc1.[Pd+2]. The van der Waals surface area contributed by atoms with Gasteiger partial charge in [0.1, 0.15) is 5.30 Å². The summed E-state index contributed by atoms with van der Waals surface area (Å²) in [7, 11) is -2.65. The van der Waals surface area contributed by atoms with Crippen LogP contribution < -0.4 is 10.0 Å². The molecule has 8 aliphatic carbocycles. The number of ether oxygens (including phenoxy) is 1. The Labute approximate surface area is 402 Å². The monoisotopic (exact) mass is 994 g/mol. The van der Waals surface area contributed by atoms with Gasteiger partial charge < -0.3 is 10.5 Å². The van der Waals surface area contributed by atoms with E-state index in [-0.39, 0.29) is 20.4 Å². The molecule has 0 unspecified atom stereocenters. The van der Waals surface area contributed by atoms with Crippen molar-refractivity contribution < 1.29 is 38.1 Å². The fourth-order valence-corrected chi connectivity index (χ4v) is 21.0. The van der Waals surface area contributed by atoms with Crippen LogP contribution in [0.3, 0.4) is 0 Å². The maximum atomic E-state index is 9.19. The molecular formula is C56H75NO4PPdS+. The van der Waals surface area contributed by atoms with Crippen molar-refractivity contribution in [1.82, 2.24) is 0 Å². The second kappa shape index (κ2) is 19.6. The van der Waals surface area contributed by atoms with Crippen LogP contribution in [-0.4, -0.2) is 36.6 Å². The molecule has 64 heavy (non-hydrogen) atoms. The predicted octanol–water partition coefficient (Wildman–Crippen LogP) is 15.2. The van der Waals surface area contributed by atoms with Crippen molar-refractivity contribution in [2.75, 3.05) is 13.4 Å². The summed E-state index contributed by atoms with van der Waals surface area (Å²) in [6.45, 7) is 17.0. The average Bonchev–Trinajstić information content (AvgIpc) is 3.19. The zero-order valence-electron chi connectivity index (χ0n) is 40.0. The Balaban J connectivity index is 0.000000269. The van der Waals surface area contributed by atoms with Gasteiger partial charge in [-0.15, -0.1) is 41.5 Å². The molecule has 0 heterocycles. The minimum atomic E-state index is -3.67. The fraction of sp³-hybridized carbons (Fsp3) is 0.571. The minimum absolute atomic E-state index is 0. The molecule has 348 valence electrons. The Morgan fingerprint density at radius 1 is 0.688 bits per heavy atom. The molecule has 8 heteroatoms. The number of rotatable bonds is 9. The van der Waals surface area contributed by atoms with Gasteiger partial charge in [-0.05, 0) is 171 Å². The zero-order chi connectivity index (χ0) is 45.0. The average molecular weight is 996 g/mol. The van der Waals surface area contributed by atoms with E-state index in [1.165, 1.54) is 93.9 Å². The molecule has 8 saturated carbocycles. The summed E-state index contributed by atoms with van der Waals surface area (Å²) in [5, 5.41) is 2.87. The fourth-order valence-electron chi connectivity index (χ4n) is 14.9. The Morgan fingerprint density at radius 3 is 1.50 bits per heavy atom. The molecule has 0 spiro atoms. The first-order chi connectivity index (χ1) is 29.9. The van der Waals surface area contributed by atoms with Gasteiger partial charge in [-0.25, -0.2) is 0 Å². The third-order valence-electron chi connectivity index (χ3n) is 16.3. The molecule has 4 aromatic rings. The molecule has 0 aliphatic heterocycles. The molecule has 2 N–H and O–H groups in total. The third kappa shape index (κ3) is 10.2. The van der Waals surface area contributed by atoms with Gasteiger partial charge in [-0.3, -0.25) is 4.55 Å². The third-order valence-corrected chi connectivity index (χ3v) is 20.6. The minimum Gasteiger partial charge on any atom is -0.706 e. The summed E-state index contributed by atoms with van der Waals surface area (Å²) < 4.78 is 32.5. The van der Waals surface area contributed by atoms with E-state index in [1.54, 1.807) is 33.6 Å². The van der Waals surface area contributed by atoms with Crippen molar-refractivity contribution in [2.24, 2.45) is 35.5 Å². The number of nitrogens with one attached hydrogen (secondary N) is 1. The zero-order valence-corrected chi connectivity index (χ0v) is 43.4. The van der Waals surface area contributed by atoms with Crippen LogP contribution >= 0.6 is 7.92 Å². The van der Waals surface area contributed by atoms with Gasteiger partial charge in [0.2, 0.25) is 0 Å². The molecule has 0 radical (unpaired) electrons. The molecular weight excluding hydrogens is 920 g/mol. The van der Waals surface area contributed by atoms with Crippen molar-refractivity contribution in [1.29, 1.82) is 0 Å². The Kier molecular flexibility index (Phi) is 15.1. The van der Waals surface area contributed by atoms with Crippen molar-refractivity contribution in [3.8, 4) is 28.0 Å². The van der Waals surface area contributed by atoms with Crippen LogP contribution in [0, 0.1) is 48.5 Å². The van der Waals surface area contributed by atoms with Crippen LogP contribution in [0.2, 0.25) is 0 Å². The van der Waals surface area contributed by atoms with Gasteiger partial charge in [0.05, 0.1) is 31.6 Å². The van der Waals surface area contributed by atoms with Gasteiger partial charge >= 0.3 is 20.4 Å². The van der Waals surface area contributed by atoms with E-state index in [4.69, 9.17) is 15.0 Å². The van der Waals surface area contributed by atoms with Crippen LogP contribution in [0.4, 0.5) is 5.69 Å². The first-order valence-corrected chi connectivity index (χ1v) is 27.7. The number of hydrogen-bond acceptors (Lipinski definition) is 3.